The number of nitro groups is 1. The van der Waals surface area contributed by atoms with Crippen molar-refractivity contribution in [3.63, 3.8) is 0 Å². The molecule has 2 rings (SSSR count). The molecule has 1 N–H and O–H groups in total. The number of thioether (sulfide) groups is 1. The topological polar surface area (TPSA) is 106 Å². The minimum absolute atomic E-state index is 0.170. The predicted molar refractivity (Wildman–Crippen MR) is 75.4 cm³/mol. The maximum Gasteiger partial charge on any atom is 0.573 e. The second kappa shape index (κ2) is 6.64. The van der Waals surface area contributed by atoms with E-state index in [-0.39, 0.29) is 22.4 Å². The summed E-state index contributed by atoms with van der Waals surface area (Å²) >= 11 is 1.08. The summed E-state index contributed by atoms with van der Waals surface area (Å²) in [6.07, 6.45) is -4.02. The first-order valence-electron chi connectivity index (χ1n) is 5.82. The predicted octanol–water partition coefficient (Wildman–Crippen LogP) is 2.05. The number of halogens is 3. The number of nitrogens with one attached hydrogen (secondary N) is 1. The molecule has 1 aromatic rings. The highest BCUT2D eigenvalue weighted by Crippen LogP contribution is 2.27. The van der Waals surface area contributed by atoms with Gasteiger partial charge >= 0.3 is 6.36 Å². The molecule has 1 heterocycles. The summed E-state index contributed by atoms with van der Waals surface area (Å²) in [6.45, 7) is 0. The van der Waals surface area contributed by atoms with Crippen LogP contribution in [0.25, 0.3) is 0 Å². The number of carbonyl (C=O) groups excluding carboxylic acids is 1. The third-order valence-electron chi connectivity index (χ3n) is 2.36. The first-order chi connectivity index (χ1) is 10.7. The molecule has 8 nitrogen and oxygen atoms in total. The van der Waals surface area contributed by atoms with Crippen molar-refractivity contribution >= 4 is 34.7 Å². The highest BCUT2D eigenvalue weighted by Gasteiger charge is 2.31. The summed E-state index contributed by atoms with van der Waals surface area (Å²) < 4.78 is 40.2. The monoisotopic (exact) mass is 348 g/mol. The average Bonchev–Trinajstić information content (AvgIpc) is 2.82. The van der Waals surface area contributed by atoms with Crippen LogP contribution in [0.3, 0.4) is 0 Å². The maximum absolute atomic E-state index is 12.2. The normalized spacial score (nSPS) is 16.8. The standard InChI is InChI=1S/C11H7F3N4O4S/c12-11(13,14)22-7-1-2-8(18(20)21)6(3-7)4-15-17-10-16-9(19)5-23-10/h1-4H,5H2,(H,16,17,19). The van der Waals surface area contributed by atoms with Gasteiger partial charge in [0.2, 0.25) is 5.91 Å². The molecule has 1 amide bonds. The lowest BCUT2D eigenvalue weighted by Gasteiger charge is -2.09. The van der Waals surface area contributed by atoms with E-state index >= 15 is 0 Å². The summed E-state index contributed by atoms with van der Waals surface area (Å²) in [5.41, 5.74) is -0.693. The summed E-state index contributed by atoms with van der Waals surface area (Å²) in [6, 6.07) is 2.50. The number of amidine groups is 1. The molecular formula is C11H7F3N4O4S. The first kappa shape index (κ1) is 16.7. The fourth-order valence-corrected chi connectivity index (χ4v) is 2.15. The molecule has 122 valence electrons. The third-order valence-corrected chi connectivity index (χ3v) is 3.22. The minimum Gasteiger partial charge on any atom is -0.406 e. The molecule has 0 radical (unpaired) electrons. The van der Waals surface area contributed by atoms with Crippen molar-refractivity contribution in [3.8, 4) is 5.75 Å². The Labute approximate surface area is 130 Å². The molecule has 12 heteroatoms. The number of hydrogen-bond donors (Lipinski definition) is 1. The van der Waals surface area contributed by atoms with E-state index in [2.05, 4.69) is 20.3 Å². The van der Waals surface area contributed by atoms with Crippen LogP contribution in [0.1, 0.15) is 5.56 Å². The Morgan fingerprint density at radius 2 is 2.17 bits per heavy atom. The first-order valence-corrected chi connectivity index (χ1v) is 6.81. The molecule has 1 aliphatic rings. The number of carbonyl (C=O) groups is 1. The van der Waals surface area contributed by atoms with Crippen molar-refractivity contribution in [2.75, 3.05) is 5.75 Å². The van der Waals surface area contributed by atoms with E-state index in [4.69, 9.17) is 0 Å². The van der Waals surface area contributed by atoms with Gasteiger partial charge in [-0.15, -0.1) is 18.3 Å². The van der Waals surface area contributed by atoms with Gasteiger partial charge in [-0.05, 0) is 12.1 Å². The number of nitro benzene ring substituents is 1. The molecule has 1 aliphatic heterocycles. The van der Waals surface area contributed by atoms with E-state index in [0.29, 0.717) is 0 Å². The van der Waals surface area contributed by atoms with Crippen LogP contribution in [0.2, 0.25) is 0 Å². The minimum atomic E-state index is -4.92. The van der Waals surface area contributed by atoms with Crippen LogP contribution in [0.15, 0.2) is 28.4 Å². The Balaban J connectivity index is 2.25. The van der Waals surface area contributed by atoms with Gasteiger partial charge in [-0.25, -0.2) is 0 Å². The van der Waals surface area contributed by atoms with Gasteiger partial charge in [0.1, 0.15) is 5.75 Å². The number of benzene rings is 1. The van der Waals surface area contributed by atoms with Crippen LogP contribution < -0.4 is 10.1 Å². The van der Waals surface area contributed by atoms with Crippen molar-refractivity contribution in [2.24, 2.45) is 10.2 Å². The lowest BCUT2D eigenvalue weighted by Crippen LogP contribution is -2.19. The second-order valence-corrected chi connectivity index (χ2v) is 4.98. The largest absolute Gasteiger partial charge is 0.573 e. The quantitative estimate of drug-likeness (QED) is 0.509. The summed E-state index contributed by atoms with van der Waals surface area (Å²) in [5.74, 6) is -0.722. The van der Waals surface area contributed by atoms with Gasteiger partial charge in [-0.2, -0.15) is 5.10 Å². The number of hydrogen-bond acceptors (Lipinski definition) is 7. The van der Waals surface area contributed by atoms with Crippen LogP contribution in [0.4, 0.5) is 18.9 Å². The third kappa shape index (κ3) is 4.95. The number of nitrogens with zero attached hydrogens (tertiary/aromatic N) is 3. The number of alkyl halides is 3. The van der Waals surface area contributed by atoms with Gasteiger partial charge in [-0.1, -0.05) is 11.8 Å². The van der Waals surface area contributed by atoms with Crippen LogP contribution in [0, 0.1) is 10.1 Å². The van der Waals surface area contributed by atoms with Gasteiger partial charge in [-0.3, -0.25) is 14.9 Å². The Morgan fingerprint density at radius 3 is 2.74 bits per heavy atom. The number of rotatable bonds is 4. The zero-order valence-electron chi connectivity index (χ0n) is 11.0. The van der Waals surface area contributed by atoms with Gasteiger partial charge in [0, 0.05) is 6.07 Å². The van der Waals surface area contributed by atoms with E-state index in [1.54, 1.807) is 0 Å². The molecule has 1 aromatic carbocycles. The molecule has 0 bridgehead atoms. The fourth-order valence-electron chi connectivity index (χ4n) is 1.52. The smallest absolute Gasteiger partial charge is 0.406 e. The summed E-state index contributed by atoms with van der Waals surface area (Å²) in [4.78, 5) is 21.0. The van der Waals surface area contributed by atoms with Crippen molar-refractivity contribution < 1.29 is 27.6 Å². The summed E-state index contributed by atoms with van der Waals surface area (Å²) in [5, 5.41) is 20.6. The second-order valence-electron chi connectivity index (χ2n) is 4.01. The molecule has 1 saturated heterocycles. The molecule has 23 heavy (non-hydrogen) atoms. The van der Waals surface area contributed by atoms with Crippen molar-refractivity contribution in [1.82, 2.24) is 5.32 Å². The highest BCUT2D eigenvalue weighted by atomic mass is 32.2. The van der Waals surface area contributed by atoms with E-state index in [1.807, 2.05) is 0 Å². The van der Waals surface area contributed by atoms with Crippen LogP contribution in [0.5, 0.6) is 5.75 Å². The molecule has 0 spiro atoms. The van der Waals surface area contributed by atoms with E-state index in [9.17, 15) is 28.1 Å². The van der Waals surface area contributed by atoms with Gasteiger partial charge in [0.15, 0.2) is 5.17 Å². The molecule has 1 fully saturated rings. The Kier molecular flexibility index (Phi) is 4.83. The average molecular weight is 348 g/mol. The molecule has 0 unspecified atom stereocenters. The van der Waals surface area contributed by atoms with Crippen LogP contribution >= 0.6 is 11.8 Å². The van der Waals surface area contributed by atoms with E-state index in [0.717, 1.165) is 36.2 Å². The summed E-state index contributed by atoms with van der Waals surface area (Å²) in [7, 11) is 0. The lowest BCUT2D eigenvalue weighted by molar-refractivity contribution is -0.385. The molecular weight excluding hydrogens is 341 g/mol. The Morgan fingerprint density at radius 1 is 1.43 bits per heavy atom. The molecule has 0 aromatic heterocycles. The number of ether oxygens (including phenoxy) is 1. The zero-order chi connectivity index (χ0) is 17.0. The fraction of sp³-hybridized carbons (Fsp3) is 0.182. The van der Waals surface area contributed by atoms with Gasteiger partial charge in [0.25, 0.3) is 5.69 Å². The van der Waals surface area contributed by atoms with Crippen molar-refractivity contribution in [3.05, 3.63) is 33.9 Å². The van der Waals surface area contributed by atoms with Crippen LogP contribution in [-0.4, -0.2) is 34.3 Å². The number of amides is 1. The van der Waals surface area contributed by atoms with Crippen LogP contribution in [-0.2, 0) is 4.79 Å². The lowest BCUT2D eigenvalue weighted by atomic mass is 10.2. The maximum atomic E-state index is 12.2. The van der Waals surface area contributed by atoms with Crippen molar-refractivity contribution in [2.45, 2.75) is 6.36 Å². The molecule has 0 atom stereocenters. The van der Waals surface area contributed by atoms with E-state index in [1.165, 1.54) is 0 Å². The zero-order valence-corrected chi connectivity index (χ0v) is 11.8. The molecule has 0 saturated carbocycles. The highest BCUT2D eigenvalue weighted by molar-refractivity contribution is 8.15. The van der Waals surface area contributed by atoms with Gasteiger partial charge < -0.3 is 10.1 Å². The van der Waals surface area contributed by atoms with Gasteiger partial charge in [0.05, 0.1) is 22.5 Å². The van der Waals surface area contributed by atoms with Crippen molar-refractivity contribution in [1.29, 1.82) is 0 Å². The Bertz CT molecular complexity index is 705. The van der Waals surface area contributed by atoms with E-state index < -0.39 is 22.7 Å². The Hall–Kier alpha value is -2.63. The SMILES string of the molecule is O=C1CSC(=NN=Cc2cc(OC(F)(F)F)ccc2[N+](=O)[O-])N1. The molecule has 0 aliphatic carbocycles.